The fourth-order valence-electron chi connectivity index (χ4n) is 2.05. The summed E-state index contributed by atoms with van der Waals surface area (Å²) in [5.41, 5.74) is 1.08. The molecule has 0 bridgehead atoms. The van der Waals surface area contributed by atoms with Crippen molar-refractivity contribution in [3.8, 4) is 11.8 Å². The maximum absolute atomic E-state index is 9.23. The third-order valence-corrected chi connectivity index (χ3v) is 3.68. The number of nitriles is 1. The van der Waals surface area contributed by atoms with Gasteiger partial charge in [0.1, 0.15) is 5.75 Å². The second-order valence-corrected chi connectivity index (χ2v) is 4.86. The Hall–Kier alpha value is -1.49. The molecule has 0 unspecified atom stereocenters. The minimum Gasteiger partial charge on any atom is -0.494 e. The molecular weight excluding hydrogens is 222 g/mol. The Morgan fingerprint density at radius 3 is 2.28 bits per heavy atom. The highest BCUT2D eigenvalue weighted by atomic mass is 16.5. The standard InChI is InChI=1S/C16H23NO/c1-4-16(5-2,13-17)11-6-12-18-15-9-7-14(3)8-10-15/h7-10H,4-6,11-12H2,1-3H3. The molecule has 0 saturated heterocycles. The van der Waals surface area contributed by atoms with Crippen molar-refractivity contribution < 1.29 is 4.74 Å². The van der Waals surface area contributed by atoms with Crippen LogP contribution in [0, 0.1) is 23.7 Å². The number of aryl methyl sites for hydroxylation is 1. The van der Waals surface area contributed by atoms with Crippen LogP contribution in [0.2, 0.25) is 0 Å². The Balaban J connectivity index is 2.34. The highest BCUT2D eigenvalue weighted by Gasteiger charge is 2.24. The normalized spacial score (nSPS) is 11.0. The van der Waals surface area contributed by atoms with Gasteiger partial charge in [0.2, 0.25) is 0 Å². The summed E-state index contributed by atoms with van der Waals surface area (Å²) in [6, 6.07) is 10.5. The topological polar surface area (TPSA) is 33.0 Å². The number of hydrogen-bond donors (Lipinski definition) is 0. The molecule has 0 aliphatic carbocycles. The summed E-state index contributed by atoms with van der Waals surface area (Å²) in [7, 11) is 0. The number of benzene rings is 1. The zero-order chi connectivity index (χ0) is 13.4. The SMILES string of the molecule is CCC(C#N)(CC)CCCOc1ccc(C)cc1. The average Bonchev–Trinajstić information content (AvgIpc) is 2.42. The van der Waals surface area contributed by atoms with Gasteiger partial charge >= 0.3 is 0 Å². The summed E-state index contributed by atoms with van der Waals surface area (Å²) < 4.78 is 5.68. The molecule has 0 atom stereocenters. The van der Waals surface area contributed by atoms with E-state index in [-0.39, 0.29) is 5.41 Å². The first-order valence-electron chi connectivity index (χ1n) is 6.76. The van der Waals surface area contributed by atoms with E-state index in [1.807, 2.05) is 24.3 Å². The minimum absolute atomic E-state index is 0.156. The highest BCUT2D eigenvalue weighted by Crippen LogP contribution is 2.30. The van der Waals surface area contributed by atoms with E-state index in [1.165, 1.54) is 5.56 Å². The van der Waals surface area contributed by atoms with E-state index in [0.717, 1.165) is 31.4 Å². The van der Waals surface area contributed by atoms with Gasteiger partial charge < -0.3 is 4.74 Å². The molecule has 0 aliphatic rings. The Labute approximate surface area is 111 Å². The summed E-state index contributed by atoms with van der Waals surface area (Å²) in [6.45, 7) is 6.93. The Bertz CT molecular complexity index is 385. The number of rotatable bonds is 7. The zero-order valence-electron chi connectivity index (χ0n) is 11.7. The fourth-order valence-corrected chi connectivity index (χ4v) is 2.05. The number of hydrogen-bond acceptors (Lipinski definition) is 2. The summed E-state index contributed by atoms with van der Waals surface area (Å²) in [6.07, 6.45) is 3.69. The molecule has 0 amide bonds. The van der Waals surface area contributed by atoms with E-state index < -0.39 is 0 Å². The molecule has 0 aliphatic heterocycles. The van der Waals surface area contributed by atoms with Crippen LogP contribution in [0.4, 0.5) is 0 Å². The van der Waals surface area contributed by atoms with Crippen LogP contribution in [0.3, 0.4) is 0 Å². The third kappa shape index (κ3) is 4.07. The van der Waals surface area contributed by atoms with Crippen LogP contribution in [-0.4, -0.2) is 6.61 Å². The predicted octanol–water partition coefficient (Wildman–Crippen LogP) is 4.48. The third-order valence-electron chi connectivity index (χ3n) is 3.68. The Morgan fingerprint density at radius 2 is 1.78 bits per heavy atom. The van der Waals surface area contributed by atoms with Gasteiger partial charge in [-0.1, -0.05) is 31.5 Å². The maximum Gasteiger partial charge on any atom is 0.119 e. The first-order valence-corrected chi connectivity index (χ1v) is 6.76. The lowest BCUT2D eigenvalue weighted by Gasteiger charge is -2.22. The molecule has 18 heavy (non-hydrogen) atoms. The van der Waals surface area contributed by atoms with Crippen LogP contribution in [0.25, 0.3) is 0 Å². The van der Waals surface area contributed by atoms with Crippen molar-refractivity contribution in [3.05, 3.63) is 29.8 Å². The second-order valence-electron chi connectivity index (χ2n) is 4.86. The van der Waals surface area contributed by atoms with Gasteiger partial charge in [-0.05, 0) is 44.7 Å². The minimum atomic E-state index is -0.156. The Morgan fingerprint density at radius 1 is 1.17 bits per heavy atom. The van der Waals surface area contributed by atoms with Gasteiger partial charge in [0.15, 0.2) is 0 Å². The van der Waals surface area contributed by atoms with Crippen molar-refractivity contribution in [3.63, 3.8) is 0 Å². The molecule has 2 heteroatoms. The van der Waals surface area contributed by atoms with Gasteiger partial charge in [-0.2, -0.15) is 5.26 Å². The molecule has 0 N–H and O–H groups in total. The van der Waals surface area contributed by atoms with Crippen molar-refractivity contribution in [2.75, 3.05) is 6.61 Å². The average molecular weight is 245 g/mol. The van der Waals surface area contributed by atoms with Gasteiger partial charge in [-0.3, -0.25) is 0 Å². The van der Waals surface area contributed by atoms with Crippen molar-refractivity contribution in [2.45, 2.75) is 46.5 Å². The molecule has 0 heterocycles. The molecule has 2 nitrogen and oxygen atoms in total. The molecule has 1 aromatic carbocycles. The molecule has 98 valence electrons. The first-order chi connectivity index (χ1) is 8.65. The molecular formula is C16H23NO. The van der Waals surface area contributed by atoms with Gasteiger partial charge in [-0.15, -0.1) is 0 Å². The highest BCUT2D eigenvalue weighted by molar-refractivity contribution is 5.26. The molecule has 0 spiro atoms. The zero-order valence-corrected chi connectivity index (χ0v) is 11.7. The van der Waals surface area contributed by atoms with Crippen LogP contribution >= 0.6 is 0 Å². The van der Waals surface area contributed by atoms with Gasteiger partial charge in [0.05, 0.1) is 18.1 Å². The molecule has 0 aromatic heterocycles. The van der Waals surface area contributed by atoms with E-state index in [1.54, 1.807) is 0 Å². The molecule has 0 radical (unpaired) electrons. The lowest BCUT2D eigenvalue weighted by Crippen LogP contribution is -2.17. The second kappa shape index (κ2) is 7.06. The summed E-state index contributed by atoms with van der Waals surface area (Å²) in [5, 5.41) is 9.23. The Kier molecular flexibility index (Phi) is 5.71. The van der Waals surface area contributed by atoms with Gasteiger partial charge in [-0.25, -0.2) is 0 Å². The smallest absolute Gasteiger partial charge is 0.119 e. The molecule has 1 rings (SSSR count). The van der Waals surface area contributed by atoms with Gasteiger partial charge in [0, 0.05) is 0 Å². The van der Waals surface area contributed by atoms with E-state index in [0.29, 0.717) is 6.61 Å². The van der Waals surface area contributed by atoms with Crippen LogP contribution in [0.1, 0.15) is 45.1 Å². The van der Waals surface area contributed by atoms with Crippen molar-refractivity contribution in [1.29, 1.82) is 5.26 Å². The van der Waals surface area contributed by atoms with Crippen molar-refractivity contribution in [1.82, 2.24) is 0 Å². The summed E-state index contributed by atoms with van der Waals surface area (Å²) in [4.78, 5) is 0. The van der Waals surface area contributed by atoms with Crippen molar-refractivity contribution in [2.24, 2.45) is 5.41 Å². The summed E-state index contributed by atoms with van der Waals surface area (Å²) >= 11 is 0. The van der Waals surface area contributed by atoms with Crippen LogP contribution in [0.15, 0.2) is 24.3 Å². The van der Waals surface area contributed by atoms with E-state index >= 15 is 0 Å². The first kappa shape index (κ1) is 14.6. The molecule has 1 aromatic rings. The van der Waals surface area contributed by atoms with Crippen LogP contribution in [-0.2, 0) is 0 Å². The molecule has 0 saturated carbocycles. The quantitative estimate of drug-likeness (QED) is 0.663. The monoisotopic (exact) mass is 245 g/mol. The lowest BCUT2D eigenvalue weighted by molar-refractivity contribution is 0.259. The maximum atomic E-state index is 9.23. The lowest BCUT2D eigenvalue weighted by atomic mass is 9.80. The predicted molar refractivity (Wildman–Crippen MR) is 74.5 cm³/mol. The van der Waals surface area contributed by atoms with Crippen molar-refractivity contribution >= 4 is 0 Å². The van der Waals surface area contributed by atoms with E-state index in [9.17, 15) is 5.26 Å². The van der Waals surface area contributed by atoms with E-state index in [2.05, 4.69) is 26.8 Å². The largest absolute Gasteiger partial charge is 0.494 e. The summed E-state index contributed by atoms with van der Waals surface area (Å²) in [5.74, 6) is 0.913. The fraction of sp³-hybridized carbons (Fsp3) is 0.562. The number of ether oxygens (including phenoxy) is 1. The number of nitrogens with zero attached hydrogens (tertiary/aromatic N) is 1. The van der Waals surface area contributed by atoms with Gasteiger partial charge in [0.25, 0.3) is 0 Å². The van der Waals surface area contributed by atoms with Crippen LogP contribution < -0.4 is 4.74 Å². The van der Waals surface area contributed by atoms with Crippen LogP contribution in [0.5, 0.6) is 5.75 Å². The van der Waals surface area contributed by atoms with E-state index in [4.69, 9.17) is 4.74 Å². The molecule has 0 fully saturated rings.